The summed E-state index contributed by atoms with van der Waals surface area (Å²) in [6.07, 6.45) is 0.492. The maximum absolute atomic E-state index is 11.9. The summed E-state index contributed by atoms with van der Waals surface area (Å²) in [4.78, 5) is 22.2. The molecule has 0 aliphatic heterocycles. The molecule has 1 rings (SSSR count). The van der Waals surface area contributed by atoms with Crippen molar-refractivity contribution >= 4 is 27.6 Å². The largest absolute Gasteiger partial charge is 0.480 e. The Morgan fingerprint density at radius 2 is 2.04 bits per heavy atom. The lowest BCUT2D eigenvalue weighted by Crippen LogP contribution is -2.28. The van der Waals surface area contributed by atoms with Crippen molar-refractivity contribution in [2.75, 3.05) is 30.2 Å². The zero-order chi connectivity index (χ0) is 17.3. The van der Waals surface area contributed by atoms with E-state index in [0.29, 0.717) is 17.7 Å². The number of carbonyl (C=O) groups excluding carboxylic acids is 1. The van der Waals surface area contributed by atoms with Crippen LogP contribution in [0.15, 0.2) is 24.3 Å². The van der Waals surface area contributed by atoms with E-state index in [1.165, 1.54) is 6.07 Å². The highest BCUT2D eigenvalue weighted by molar-refractivity contribution is 7.92. The average Bonchev–Trinajstić information content (AvgIpc) is 2.46. The number of hydrogen-bond donors (Lipinski definition) is 3. The molecule has 23 heavy (non-hydrogen) atoms. The van der Waals surface area contributed by atoms with Crippen LogP contribution in [0, 0.1) is 0 Å². The molecule has 8 nitrogen and oxygen atoms in total. The summed E-state index contributed by atoms with van der Waals surface area (Å²) in [5.41, 5.74) is 0.605. The molecule has 3 N–H and O–H groups in total. The Bertz CT molecular complexity index is 644. The lowest BCUT2D eigenvalue weighted by molar-refractivity contribution is -0.142. The fourth-order valence-corrected chi connectivity index (χ4v) is 2.85. The number of nitrogens with one attached hydrogen (secondary N) is 2. The van der Waals surface area contributed by atoms with Crippen molar-refractivity contribution in [2.24, 2.45) is 0 Å². The van der Waals surface area contributed by atoms with Crippen molar-refractivity contribution in [1.29, 1.82) is 0 Å². The summed E-state index contributed by atoms with van der Waals surface area (Å²) in [6.45, 7) is 1.55. The zero-order valence-corrected chi connectivity index (χ0v) is 13.6. The number of carboxylic acid groups (broad SMARTS) is 1. The second-order valence-electron chi connectivity index (χ2n) is 4.70. The van der Waals surface area contributed by atoms with Crippen LogP contribution in [0.3, 0.4) is 0 Å². The summed E-state index contributed by atoms with van der Waals surface area (Å²) in [5, 5.41) is 10.9. The van der Waals surface area contributed by atoms with Crippen LogP contribution in [0.1, 0.15) is 23.7 Å². The molecule has 0 fully saturated rings. The van der Waals surface area contributed by atoms with Gasteiger partial charge in [-0.25, -0.2) is 13.2 Å². The van der Waals surface area contributed by atoms with E-state index in [1.54, 1.807) is 25.1 Å². The molecule has 0 saturated heterocycles. The molecule has 128 valence electrons. The SMILES string of the molecule is CCCS(=O)(=O)Nc1cccc(C(=O)NCCOCC(=O)O)c1. The molecule has 0 radical (unpaired) electrons. The van der Waals surface area contributed by atoms with E-state index in [-0.39, 0.29) is 18.9 Å². The van der Waals surface area contributed by atoms with Crippen molar-refractivity contribution in [3.63, 3.8) is 0 Å². The summed E-state index contributed by atoms with van der Waals surface area (Å²) in [5.74, 6) is -1.48. The molecule has 0 saturated carbocycles. The van der Waals surface area contributed by atoms with Crippen molar-refractivity contribution in [3.05, 3.63) is 29.8 Å². The number of carboxylic acids is 1. The van der Waals surface area contributed by atoms with Crippen LogP contribution >= 0.6 is 0 Å². The lowest BCUT2D eigenvalue weighted by atomic mass is 10.2. The quantitative estimate of drug-likeness (QED) is 0.536. The highest BCUT2D eigenvalue weighted by Gasteiger charge is 2.11. The van der Waals surface area contributed by atoms with Gasteiger partial charge >= 0.3 is 5.97 Å². The molecule has 0 aliphatic rings. The first-order chi connectivity index (χ1) is 10.8. The molecule has 0 aromatic heterocycles. The first-order valence-electron chi connectivity index (χ1n) is 7.02. The van der Waals surface area contributed by atoms with E-state index < -0.39 is 28.5 Å². The Labute approximate surface area is 134 Å². The summed E-state index contributed by atoms with van der Waals surface area (Å²) < 4.78 is 30.6. The van der Waals surface area contributed by atoms with Gasteiger partial charge < -0.3 is 15.2 Å². The molecule has 0 heterocycles. The van der Waals surface area contributed by atoms with Crippen LogP contribution in [-0.2, 0) is 19.6 Å². The number of benzene rings is 1. The highest BCUT2D eigenvalue weighted by atomic mass is 32.2. The molecule has 1 aromatic rings. The number of aliphatic carboxylic acids is 1. The smallest absolute Gasteiger partial charge is 0.329 e. The highest BCUT2D eigenvalue weighted by Crippen LogP contribution is 2.13. The zero-order valence-electron chi connectivity index (χ0n) is 12.7. The summed E-state index contributed by atoms with van der Waals surface area (Å²) in [6, 6.07) is 6.10. The van der Waals surface area contributed by atoms with Crippen LogP contribution in [0.5, 0.6) is 0 Å². The van der Waals surface area contributed by atoms with Crippen molar-refractivity contribution < 1.29 is 27.9 Å². The van der Waals surface area contributed by atoms with Crippen molar-refractivity contribution in [3.8, 4) is 0 Å². The van der Waals surface area contributed by atoms with Crippen molar-refractivity contribution in [1.82, 2.24) is 5.32 Å². The standard InChI is InChI=1S/C14H20N2O6S/c1-2-8-23(20,21)16-12-5-3-4-11(9-12)14(19)15-6-7-22-10-13(17)18/h3-5,9,16H,2,6-8,10H2,1H3,(H,15,19)(H,17,18). The van der Waals surface area contributed by atoms with Crippen LogP contribution < -0.4 is 10.0 Å². The molecule has 0 atom stereocenters. The molecular formula is C14H20N2O6S. The average molecular weight is 344 g/mol. The Morgan fingerprint density at radius 1 is 1.30 bits per heavy atom. The number of anilines is 1. The van der Waals surface area contributed by atoms with E-state index in [4.69, 9.17) is 9.84 Å². The summed E-state index contributed by atoms with van der Waals surface area (Å²) >= 11 is 0. The van der Waals surface area contributed by atoms with Gasteiger partial charge in [0.05, 0.1) is 12.4 Å². The van der Waals surface area contributed by atoms with Gasteiger partial charge in [-0.05, 0) is 24.6 Å². The number of rotatable bonds is 10. The van der Waals surface area contributed by atoms with Gasteiger partial charge in [-0.15, -0.1) is 0 Å². The van der Waals surface area contributed by atoms with Crippen LogP contribution in [-0.4, -0.2) is 50.9 Å². The minimum Gasteiger partial charge on any atom is -0.480 e. The van der Waals surface area contributed by atoms with Gasteiger partial charge in [-0.1, -0.05) is 13.0 Å². The van der Waals surface area contributed by atoms with Gasteiger partial charge in [0.15, 0.2) is 0 Å². The molecule has 0 bridgehead atoms. The maximum Gasteiger partial charge on any atom is 0.329 e. The number of amides is 1. The molecule has 0 unspecified atom stereocenters. The third-order valence-corrected chi connectivity index (χ3v) is 4.12. The normalized spacial score (nSPS) is 11.0. The lowest BCUT2D eigenvalue weighted by Gasteiger charge is -2.09. The molecular weight excluding hydrogens is 324 g/mol. The van der Waals surface area contributed by atoms with E-state index in [1.807, 2.05) is 0 Å². The van der Waals surface area contributed by atoms with Gasteiger partial charge in [-0.2, -0.15) is 0 Å². The monoisotopic (exact) mass is 344 g/mol. The molecule has 1 amide bonds. The summed E-state index contributed by atoms with van der Waals surface area (Å²) in [7, 11) is -3.42. The maximum atomic E-state index is 11.9. The van der Waals surface area contributed by atoms with Crippen LogP contribution in [0.25, 0.3) is 0 Å². The van der Waals surface area contributed by atoms with Crippen LogP contribution in [0.4, 0.5) is 5.69 Å². The Balaban J connectivity index is 2.55. The Kier molecular flexibility index (Phi) is 7.49. The first kappa shape index (κ1) is 18.9. The minimum atomic E-state index is -3.42. The Hall–Kier alpha value is -2.13. The van der Waals surface area contributed by atoms with Gasteiger partial charge in [-0.3, -0.25) is 9.52 Å². The van der Waals surface area contributed by atoms with Gasteiger partial charge in [0.1, 0.15) is 6.61 Å². The number of ether oxygens (including phenoxy) is 1. The van der Waals surface area contributed by atoms with Gasteiger partial charge in [0, 0.05) is 17.8 Å². The molecule has 0 spiro atoms. The second-order valence-corrected chi connectivity index (χ2v) is 6.55. The van der Waals surface area contributed by atoms with E-state index in [0.717, 1.165) is 0 Å². The van der Waals surface area contributed by atoms with Gasteiger partial charge in [0.25, 0.3) is 5.91 Å². The van der Waals surface area contributed by atoms with Gasteiger partial charge in [0.2, 0.25) is 10.0 Å². The fourth-order valence-electron chi connectivity index (χ4n) is 1.72. The number of sulfonamides is 1. The first-order valence-corrected chi connectivity index (χ1v) is 8.67. The third kappa shape index (κ3) is 7.61. The fraction of sp³-hybridized carbons (Fsp3) is 0.429. The molecule has 1 aromatic carbocycles. The van der Waals surface area contributed by atoms with Crippen molar-refractivity contribution in [2.45, 2.75) is 13.3 Å². The number of carbonyl (C=O) groups is 2. The van der Waals surface area contributed by atoms with Crippen LogP contribution in [0.2, 0.25) is 0 Å². The second kappa shape index (κ2) is 9.11. The third-order valence-electron chi connectivity index (χ3n) is 2.63. The molecule has 0 aliphatic carbocycles. The number of hydrogen-bond acceptors (Lipinski definition) is 5. The predicted molar refractivity (Wildman–Crippen MR) is 84.9 cm³/mol. The Morgan fingerprint density at radius 3 is 2.70 bits per heavy atom. The van der Waals surface area contributed by atoms with E-state index >= 15 is 0 Å². The predicted octanol–water partition coefficient (Wildman–Crippen LogP) is 0.669. The van der Waals surface area contributed by atoms with E-state index in [9.17, 15) is 18.0 Å². The molecule has 9 heteroatoms. The van der Waals surface area contributed by atoms with E-state index in [2.05, 4.69) is 10.0 Å². The minimum absolute atomic E-state index is 0.00431. The topological polar surface area (TPSA) is 122 Å².